The van der Waals surface area contributed by atoms with Gasteiger partial charge in [-0.15, -0.1) is 0 Å². The van der Waals surface area contributed by atoms with Crippen LogP contribution in [-0.2, 0) is 11.3 Å². The average molecular weight is 471 g/mol. The number of nitrogens with zero attached hydrogens (tertiary/aromatic N) is 4. The molecule has 1 amide bonds. The van der Waals surface area contributed by atoms with E-state index >= 15 is 0 Å². The molecule has 2 N–H and O–H groups in total. The summed E-state index contributed by atoms with van der Waals surface area (Å²) in [6.07, 6.45) is 1.68. The van der Waals surface area contributed by atoms with E-state index in [0.29, 0.717) is 51.7 Å². The van der Waals surface area contributed by atoms with Crippen LogP contribution in [0, 0.1) is 0 Å². The summed E-state index contributed by atoms with van der Waals surface area (Å²) in [6.45, 7) is 1.09. The molecule has 2 aromatic heterocycles. The van der Waals surface area contributed by atoms with E-state index in [9.17, 15) is 4.79 Å². The fraction of sp³-hybridized carbons (Fsp3) is 0.182. The molecule has 8 nitrogen and oxygen atoms in total. The van der Waals surface area contributed by atoms with Gasteiger partial charge in [-0.3, -0.25) is 4.79 Å². The third-order valence-corrected chi connectivity index (χ3v) is 5.21. The van der Waals surface area contributed by atoms with Gasteiger partial charge < -0.3 is 15.4 Å². The van der Waals surface area contributed by atoms with Crippen LogP contribution >= 0.6 is 23.2 Å². The summed E-state index contributed by atoms with van der Waals surface area (Å²) < 4.78 is 6.89. The van der Waals surface area contributed by atoms with Crippen molar-refractivity contribution < 1.29 is 9.53 Å². The van der Waals surface area contributed by atoms with Gasteiger partial charge in [0.2, 0.25) is 0 Å². The Kier molecular flexibility index (Phi) is 6.84. The topological polar surface area (TPSA) is 94.0 Å². The molecule has 2 heterocycles. The molecule has 4 rings (SSSR count). The van der Waals surface area contributed by atoms with Gasteiger partial charge in [-0.1, -0.05) is 35.3 Å². The Morgan fingerprint density at radius 3 is 2.59 bits per heavy atom. The number of methoxy groups -OCH3 is 1. The van der Waals surface area contributed by atoms with Gasteiger partial charge in [-0.2, -0.15) is 5.10 Å². The number of ether oxygens (including phenoxy) is 1. The summed E-state index contributed by atoms with van der Waals surface area (Å²) in [5, 5.41) is 12.4. The van der Waals surface area contributed by atoms with Crippen LogP contribution in [0.1, 0.15) is 16.2 Å². The van der Waals surface area contributed by atoms with Crippen LogP contribution in [-0.4, -0.2) is 45.9 Å². The highest BCUT2D eigenvalue weighted by Gasteiger charge is 2.15. The molecule has 10 heteroatoms. The number of nitrogens with one attached hydrogen (secondary N) is 2. The highest BCUT2D eigenvalue weighted by atomic mass is 35.5. The third kappa shape index (κ3) is 4.83. The van der Waals surface area contributed by atoms with E-state index in [1.165, 1.54) is 0 Å². The summed E-state index contributed by atoms with van der Waals surface area (Å²) in [6, 6.07) is 14.1. The van der Waals surface area contributed by atoms with Crippen molar-refractivity contribution in [1.29, 1.82) is 0 Å². The monoisotopic (exact) mass is 470 g/mol. The lowest BCUT2D eigenvalue weighted by atomic mass is 10.2. The van der Waals surface area contributed by atoms with Gasteiger partial charge in [0.25, 0.3) is 5.91 Å². The van der Waals surface area contributed by atoms with E-state index in [0.717, 1.165) is 5.39 Å². The van der Waals surface area contributed by atoms with Crippen molar-refractivity contribution in [1.82, 2.24) is 25.1 Å². The largest absolute Gasteiger partial charge is 0.377 e. The number of halogens is 2. The molecular weight excluding hydrogens is 451 g/mol. The summed E-state index contributed by atoms with van der Waals surface area (Å²) in [5.74, 6) is 0.922. The molecule has 2 aromatic carbocycles. The number of carbonyl (C=O) groups excluding carboxylic acids is 1. The number of fused-ring (bicyclic) bond motifs is 1. The lowest BCUT2D eigenvalue weighted by molar-refractivity contribution is 0.0955. The standard InChI is InChI=1S/C22H20Cl2N6O2/c1-32-13-19-28-20(25-10-11-26-22(31)14-6-8-15(23)9-7-14)16-12-27-30(21(16)29-19)18-5-3-2-4-17(18)24/h2-9,12H,10-11,13H2,1H3,(H,26,31)(H,25,28,29). The van der Waals surface area contributed by atoms with Crippen molar-refractivity contribution in [2.75, 3.05) is 25.5 Å². The second-order valence-electron chi connectivity index (χ2n) is 6.86. The van der Waals surface area contributed by atoms with Crippen LogP contribution in [0.2, 0.25) is 10.0 Å². The van der Waals surface area contributed by atoms with Crippen LogP contribution in [0.15, 0.2) is 54.7 Å². The minimum atomic E-state index is -0.178. The number of anilines is 1. The van der Waals surface area contributed by atoms with Gasteiger partial charge in [0.15, 0.2) is 11.5 Å². The molecule has 0 spiro atoms. The van der Waals surface area contributed by atoms with E-state index in [-0.39, 0.29) is 12.5 Å². The first-order valence-corrected chi connectivity index (χ1v) is 10.6. The van der Waals surface area contributed by atoms with Crippen LogP contribution in [0.3, 0.4) is 0 Å². The highest BCUT2D eigenvalue weighted by molar-refractivity contribution is 6.32. The van der Waals surface area contributed by atoms with E-state index in [1.807, 2.05) is 18.2 Å². The molecular formula is C22H20Cl2N6O2. The van der Waals surface area contributed by atoms with Crippen LogP contribution < -0.4 is 10.6 Å². The Morgan fingerprint density at radius 2 is 1.84 bits per heavy atom. The molecule has 0 fully saturated rings. The zero-order valence-electron chi connectivity index (χ0n) is 17.2. The number of aromatic nitrogens is 4. The number of hydrogen-bond donors (Lipinski definition) is 2. The molecule has 164 valence electrons. The summed E-state index contributed by atoms with van der Waals surface area (Å²) >= 11 is 12.2. The minimum absolute atomic E-state index is 0.178. The Hall–Kier alpha value is -3.20. The van der Waals surface area contributed by atoms with Crippen molar-refractivity contribution in [3.63, 3.8) is 0 Å². The average Bonchev–Trinajstić information content (AvgIpc) is 3.21. The Morgan fingerprint density at radius 1 is 1.06 bits per heavy atom. The van der Waals surface area contributed by atoms with Gasteiger partial charge in [0.05, 0.1) is 22.3 Å². The molecule has 0 aliphatic carbocycles. The number of amides is 1. The predicted molar refractivity (Wildman–Crippen MR) is 125 cm³/mol. The second-order valence-corrected chi connectivity index (χ2v) is 7.70. The molecule has 0 atom stereocenters. The Bertz CT molecular complexity index is 1240. The first-order valence-electron chi connectivity index (χ1n) is 9.83. The van der Waals surface area contributed by atoms with Crippen molar-refractivity contribution in [2.24, 2.45) is 0 Å². The lowest BCUT2D eigenvalue weighted by Crippen LogP contribution is -2.29. The zero-order chi connectivity index (χ0) is 22.5. The lowest BCUT2D eigenvalue weighted by Gasteiger charge is -2.11. The maximum atomic E-state index is 12.3. The first kappa shape index (κ1) is 22.0. The zero-order valence-corrected chi connectivity index (χ0v) is 18.7. The SMILES string of the molecule is COCc1nc(NCCNC(=O)c2ccc(Cl)cc2)c2cnn(-c3ccccc3Cl)c2n1. The van der Waals surface area contributed by atoms with Crippen molar-refractivity contribution in [3.8, 4) is 5.69 Å². The second kappa shape index (κ2) is 9.95. The highest BCUT2D eigenvalue weighted by Crippen LogP contribution is 2.26. The normalized spacial score (nSPS) is 11.0. The maximum absolute atomic E-state index is 12.3. The summed E-state index contributed by atoms with van der Waals surface area (Å²) in [4.78, 5) is 21.4. The van der Waals surface area contributed by atoms with Gasteiger partial charge in [0, 0.05) is 30.8 Å². The van der Waals surface area contributed by atoms with Gasteiger partial charge in [-0.05, 0) is 36.4 Å². The summed E-state index contributed by atoms with van der Waals surface area (Å²) in [5.41, 5.74) is 1.86. The van der Waals surface area contributed by atoms with Crippen LogP contribution in [0.25, 0.3) is 16.7 Å². The van der Waals surface area contributed by atoms with Gasteiger partial charge >= 0.3 is 0 Å². The van der Waals surface area contributed by atoms with E-state index in [4.69, 9.17) is 27.9 Å². The van der Waals surface area contributed by atoms with Gasteiger partial charge in [-0.25, -0.2) is 14.6 Å². The van der Waals surface area contributed by atoms with Crippen molar-refractivity contribution in [3.05, 3.63) is 76.2 Å². The summed E-state index contributed by atoms with van der Waals surface area (Å²) in [7, 11) is 1.58. The van der Waals surface area contributed by atoms with Gasteiger partial charge in [0.1, 0.15) is 12.4 Å². The quantitative estimate of drug-likeness (QED) is 0.376. The minimum Gasteiger partial charge on any atom is -0.377 e. The molecule has 0 unspecified atom stereocenters. The number of rotatable bonds is 8. The first-order chi connectivity index (χ1) is 15.6. The van der Waals surface area contributed by atoms with Crippen molar-refractivity contribution in [2.45, 2.75) is 6.61 Å². The number of benzene rings is 2. The number of para-hydroxylation sites is 1. The molecule has 0 bridgehead atoms. The predicted octanol–water partition coefficient (Wildman–Crippen LogP) is 4.11. The van der Waals surface area contributed by atoms with Crippen LogP contribution in [0.5, 0.6) is 0 Å². The molecule has 0 saturated heterocycles. The van der Waals surface area contributed by atoms with Crippen LogP contribution in [0.4, 0.5) is 5.82 Å². The van der Waals surface area contributed by atoms with E-state index in [2.05, 4.69) is 25.7 Å². The fourth-order valence-corrected chi connectivity index (χ4v) is 3.48. The van der Waals surface area contributed by atoms with E-state index < -0.39 is 0 Å². The third-order valence-electron chi connectivity index (χ3n) is 4.64. The Balaban J connectivity index is 1.52. The molecule has 0 aliphatic rings. The molecule has 0 aliphatic heterocycles. The number of carbonyl (C=O) groups is 1. The molecule has 32 heavy (non-hydrogen) atoms. The molecule has 0 saturated carbocycles. The van der Waals surface area contributed by atoms with Crippen molar-refractivity contribution >= 4 is 46.0 Å². The fourth-order valence-electron chi connectivity index (χ4n) is 3.14. The Labute approximate surface area is 194 Å². The number of hydrogen-bond acceptors (Lipinski definition) is 6. The molecule has 0 radical (unpaired) electrons. The van der Waals surface area contributed by atoms with E-state index in [1.54, 1.807) is 48.3 Å². The molecule has 4 aromatic rings. The smallest absolute Gasteiger partial charge is 0.251 e. The maximum Gasteiger partial charge on any atom is 0.251 e.